The van der Waals surface area contributed by atoms with Crippen LogP contribution in [0.15, 0.2) is 12.4 Å². The number of hydrogen-bond donors (Lipinski definition) is 1. The first-order chi connectivity index (χ1) is 8.34. The van der Waals surface area contributed by atoms with Crippen molar-refractivity contribution in [2.75, 3.05) is 26.3 Å². The van der Waals surface area contributed by atoms with E-state index in [4.69, 9.17) is 10.5 Å². The predicted molar refractivity (Wildman–Crippen MR) is 64.5 cm³/mol. The van der Waals surface area contributed by atoms with Crippen molar-refractivity contribution in [1.29, 1.82) is 0 Å². The lowest BCUT2D eigenvalue weighted by molar-refractivity contribution is -0.0361. The molecule has 3 heterocycles. The first-order valence-corrected chi connectivity index (χ1v) is 6.37. The maximum atomic E-state index is 6.04. The molecular formula is C12H20N4O. The topological polar surface area (TPSA) is 56.3 Å². The van der Waals surface area contributed by atoms with Crippen molar-refractivity contribution in [3.8, 4) is 0 Å². The minimum atomic E-state index is 0.134. The zero-order chi connectivity index (χ0) is 11.7. The summed E-state index contributed by atoms with van der Waals surface area (Å²) < 4.78 is 7.70. The highest BCUT2D eigenvalue weighted by atomic mass is 16.5. The number of nitrogens with two attached hydrogens (primary N) is 1. The fraction of sp³-hybridized carbons (Fsp3) is 0.750. The van der Waals surface area contributed by atoms with Gasteiger partial charge in [0, 0.05) is 50.8 Å². The minimum absolute atomic E-state index is 0.134. The van der Waals surface area contributed by atoms with E-state index in [9.17, 15) is 0 Å². The smallest absolute Gasteiger partial charge is 0.122 e. The summed E-state index contributed by atoms with van der Waals surface area (Å²) in [6, 6.07) is 0. The Labute approximate surface area is 102 Å². The molecule has 0 amide bonds. The second kappa shape index (κ2) is 4.40. The van der Waals surface area contributed by atoms with Crippen molar-refractivity contribution < 1.29 is 4.74 Å². The summed E-state index contributed by atoms with van der Waals surface area (Å²) >= 11 is 0. The Morgan fingerprint density at radius 1 is 1.35 bits per heavy atom. The van der Waals surface area contributed by atoms with E-state index >= 15 is 0 Å². The van der Waals surface area contributed by atoms with E-state index in [1.807, 2.05) is 6.20 Å². The molecule has 17 heavy (non-hydrogen) atoms. The molecule has 0 aromatic carbocycles. The SMILES string of the molecule is NCC1(N2CCn3ccnc3C2)CCOCC1. The van der Waals surface area contributed by atoms with Gasteiger partial charge in [0.25, 0.3) is 0 Å². The van der Waals surface area contributed by atoms with Crippen molar-refractivity contribution in [3.05, 3.63) is 18.2 Å². The Hall–Kier alpha value is -0.910. The van der Waals surface area contributed by atoms with Gasteiger partial charge in [0.1, 0.15) is 5.82 Å². The van der Waals surface area contributed by atoms with Gasteiger partial charge in [-0.25, -0.2) is 4.98 Å². The Morgan fingerprint density at radius 2 is 2.18 bits per heavy atom. The number of ether oxygens (including phenoxy) is 1. The molecule has 5 heteroatoms. The lowest BCUT2D eigenvalue weighted by atomic mass is 9.87. The molecule has 1 aromatic heterocycles. The second-order valence-corrected chi connectivity index (χ2v) is 5.00. The van der Waals surface area contributed by atoms with Crippen LogP contribution in [0.4, 0.5) is 0 Å². The molecule has 0 spiro atoms. The van der Waals surface area contributed by atoms with Crippen molar-refractivity contribution in [2.45, 2.75) is 31.5 Å². The molecule has 0 saturated carbocycles. The number of aromatic nitrogens is 2. The van der Waals surface area contributed by atoms with Crippen molar-refractivity contribution in [2.24, 2.45) is 5.73 Å². The Kier molecular flexibility index (Phi) is 2.90. The number of hydrogen-bond acceptors (Lipinski definition) is 4. The van der Waals surface area contributed by atoms with Gasteiger partial charge in [0.15, 0.2) is 0 Å². The summed E-state index contributed by atoms with van der Waals surface area (Å²) in [6.45, 7) is 5.41. The summed E-state index contributed by atoms with van der Waals surface area (Å²) in [6.07, 6.45) is 6.04. The van der Waals surface area contributed by atoms with Crippen LogP contribution in [0.3, 0.4) is 0 Å². The first-order valence-electron chi connectivity index (χ1n) is 6.37. The molecule has 1 saturated heterocycles. The highest BCUT2D eigenvalue weighted by Crippen LogP contribution is 2.29. The summed E-state index contributed by atoms with van der Waals surface area (Å²) in [7, 11) is 0. The molecule has 2 aliphatic rings. The molecule has 2 aliphatic heterocycles. The van der Waals surface area contributed by atoms with Crippen LogP contribution in [0.5, 0.6) is 0 Å². The average Bonchev–Trinajstić information content (AvgIpc) is 2.86. The molecule has 1 aromatic rings. The zero-order valence-corrected chi connectivity index (χ0v) is 10.1. The molecule has 5 nitrogen and oxygen atoms in total. The van der Waals surface area contributed by atoms with Crippen LogP contribution in [0, 0.1) is 0 Å². The van der Waals surface area contributed by atoms with Gasteiger partial charge < -0.3 is 15.0 Å². The normalized spacial score (nSPS) is 24.5. The second-order valence-electron chi connectivity index (χ2n) is 5.00. The maximum absolute atomic E-state index is 6.04. The van der Waals surface area contributed by atoms with Crippen LogP contribution >= 0.6 is 0 Å². The Morgan fingerprint density at radius 3 is 2.94 bits per heavy atom. The molecule has 0 unspecified atom stereocenters. The van der Waals surface area contributed by atoms with Crippen LogP contribution in [-0.2, 0) is 17.8 Å². The van der Waals surface area contributed by atoms with Crippen LogP contribution < -0.4 is 5.73 Å². The first kappa shape index (κ1) is 11.2. The molecule has 0 bridgehead atoms. The van der Waals surface area contributed by atoms with Crippen molar-refractivity contribution in [3.63, 3.8) is 0 Å². The lowest BCUT2D eigenvalue weighted by Gasteiger charge is -2.47. The van der Waals surface area contributed by atoms with E-state index in [1.54, 1.807) is 0 Å². The molecule has 0 aliphatic carbocycles. The van der Waals surface area contributed by atoms with Gasteiger partial charge in [-0.2, -0.15) is 0 Å². The number of nitrogens with zero attached hydrogens (tertiary/aromatic N) is 3. The van der Waals surface area contributed by atoms with Gasteiger partial charge in [-0.15, -0.1) is 0 Å². The Balaban J connectivity index is 1.80. The number of imidazole rings is 1. The minimum Gasteiger partial charge on any atom is -0.381 e. The Bertz CT molecular complexity index is 384. The molecule has 2 N–H and O–H groups in total. The predicted octanol–water partition coefficient (Wildman–Crippen LogP) is 0.207. The third kappa shape index (κ3) is 1.88. The number of rotatable bonds is 2. The van der Waals surface area contributed by atoms with Gasteiger partial charge >= 0.3 is 0 Å². The van der Waals surface area contributed by atoms with Crippen LogP contribution in [0.2, 0.25) is 0 Å². The zero-order valence-electron chi connectivity index (χ0n) is 10.1. The molecular weight excluding hydrogens is 216 g/mol. The van der Waals surface area contributed by atoms with Gasteiger partial charge in [-0.1, -0.05) is 0 Å². The van der Waals surface area contributed by atoms with Gasteiger partial charge in [0.05, 0.1) is 6.54 Å². The van der Waals surface area contributed by atoms with Crippen molar-refractivity contribution >= 4 is 0 Å². The maximum Gasteiger partial charge on any atom is 0.122 e. The van der Waals surface area contributed by atoms with Crippen molar-refractivity contribution in [1.82, 2.24) is 14.5 Å². The monoisotopic (exact) mass is 236 g/mol. The third-order valence-electron chi connectivity index (χ3n) is 4.22. The van der Waals surface area contributed by atoms with Crippen LogP contribution in [0.25, 0.3) is 0 Å². The molecule has 0 radical (unpaired) electrons. The van der Waals surface area contributed by atoms with E-state index in [1.165, 1.54) is 0 Å². The quantitative estimate of drug-likeness (QED) is 0.797. The standard InChI is InChI=1S/C12H20N4O/c13-10-12(1-7-17-8-2-12)16-6-5-15-4-3-14-11(15)9-16/h3-4H,1-2,5-10,13H2. The van der Waals surface area contributed by atoms with E-state index in [0.29, 0.717) is 0 Å². The van der Waals surface area contributed by atoms with Gasteiger partial charge in [0.2, 0.25) is 0 Å². The van der Waals surface area contributed by atoms with Crippen LogP contribution in [0.1, 0.15) is 18.7 Å². The summed E-state index contributed by atoms with van der Waals surface area (Å²) in [5.41, 5.74) is 6.17. The lowest BCUT2D eigenvalue weighted by Crippen LogP contribution is -2.58. The summed E-state index contributed by atoms with van der Waals surface area (Å²) in [5, 5.41) is 0. The number of fused-ring (bicyclic) bond motifs is 1. The van der Waals surface area contributed by atoms with Crippen LogP contribution in [-0.4, -0.2) is 46.3 Å². The van der Waals surface area contributed by atoms with E-state index in [-0.39, 0.29) is 5.54 Å². The van der Waals surface area contributed by atoms with Gasteiger partial charge in [-0.3, -0.25) is 4.90 Å². The highest BCUT2D eigenvalue weighted by Gasteiger charge is 2.38. The average molecular weight is 236 g/mol. The van der Waals surface area contributed by atoms with E-state index in [2.05, 4.69) is 20.6 Å². The third-order valence-corrected chi connectivity index (χ3v) is 4.22. The summed E-state index contributed by atoms with van der Waals surface area (Å²) in [5.74, 6) is 1.16. The molecule has 3 rings (SSSR count). The molecule has 0 atom stereocenters. The van der Waals surface area contributed by atoms with Gasteiger partial charge in [-0.05, 0) is 12.8 Å². The fourth-order valence-electron chi connectivity index (χ4n) is 2.98. The molecule has 94 valence electrons. The fourth-order valence-corrected chi connectivity index (χ4v) is 2.98. The largest absolute Gasteiger partial charge is 0.381 e. The van der Waals surface area contributed by atoms with E-state index < -0.39 is 0 Å². The highest BCUT2D eigenvalue weighted by molar-refractivity contribution is 5.01. The molecule has 1 fully saturated rings. The van der Waals surface area contributed by atoms with E-state index in [0.717, 1.165) is 58.1 Å². The summed E-state index contributed by atoms with van der Waals surface area (Å²) in [4.78, 5) is 6.93.